The van der Waals surface area contributed by atoms with Gasteiger partial charge in [0.25, 0.3) is 5.56 Å². The fraction of sp³-hybridized carbons (Fsp3) is 0.0476. The SMILES string of the molecule is Cn1cccc1-c1cc(-c2ccc3ccccc3c2)[nH]c(=O)c1C#N. The van der Waals surface area contributed by atoms with E-state index in [0.29, 0.717) is 11.3 Å². The fourth-order valence-corrected chi connectivity index (χ4v) is 3.13. The molecule has 4 heteroatoms. The molecule has 4 nitrogen and oxygen atoms in total. The van der Waals surface area contributed by atoms with Crippen molar-refractivity contribution in [3.8, 4) is 28.6 Å². The third-order valence-corrected chi connectivity index (χ3v) is 4.43. The first-order valence-electron chi connectivity index (χ1n) is 7.95. The highest BCUT2D eigenvalue weighted by Gasteiger charge is 2.14. The number of nitriles is 1. The molecule has 0 radical (unpaired) electrons. The zero-order chi connectivity index (χ0) is 17.4. The largest absolute Gasteiger partial charge is 0.351 e. The van der Waals surface area contributed by atoms with Crippen LogP contribution in [-0.2, 0) is 7.05 Å². The lowest BCUT2D eigenvalue weighted by molar-refractivity contribution is 0.935. The molecule has 0 bridgehead atoms. The molecule has 25 heavy (non-hydrogen) atoms. The molecule has 2 aromatic carbocycles. The summed E-state index contributed by atoms with van der Waals surface area (Å²) in [5.74, 6) is 0. The number of aryl methyl sites for hydroxylation is 1. The Kier molecular flexibility index (Phi) is 3.48. The number of aromatic nitrogens is 2. The summed E-state index contributed by atoms with van der Waals surface area (Å²) in [6.45, 7) is 0. The average Bonchev–Trinajstić information content (AvgIpc) is 3.06. The Bertz CT molecular complexity index is 1190. The molecule has 0 atom stereocenters. The second-order valence-corrected chi connectivity index (χ2v) is 5.98. The number of hydrogen-bond acceptors (Lipinski definition) is 2. The Labute approximate surface area is 144 Å². The third kappa shape index (κ3) is 2.52. The number of aromatic amines is 1. The maximum Gasteiger partial charge on any atom is 0.267 e. The van der Waals surface area contributed by atoms with Crippen molar-refractivity contribution in [2.45, 2.75) is 0 Å². The van der Waals surface area contributed by atoms with Crippen LogP contribution >= 0.6 is 0 Å². The molecular formula is C21H15N3O. The van der Waals surface area contributed by atoms with Gasteiger partial charge in [-0.05, 0) is 40.6 Å². The zero-order valence-corrected chi connectivity index (χ0v) is 13.7. The van der Waals surface area contributed by atoms with E-state index in [4.69, 9.17) is 0 Å². The lowest BCUT2D eigenvalue weighted by Gasteiger charge is -2.10. The second kappa shape index (κ2) is 5.81. The average molecular weight is 325 g/mol. The topological polar surface area (TPSA) is 61.6 Å². The first kappa shape index (κ1) is 15.0. The first-order valence-corrected chi connectivity index (χ1v) is 7.95. The van der Waals surface area contributed by atoms with E-state index in [1.54, 1.807) is 0 Å². The van der Waals surface area contributed by atoms with Crippen LogP contribution in [0.3, 0.4) is 0 Å². The van der Waals surface area contributed by atoms with Crippen molar-refractivity contribution in [2.24, 2.45) is 7.05 Å². The number of fused-ring (bicyclic) bond motifs is 1. The molecule has 2 aromatic heterocycles. The van der Waals surface area contributed by atoms with Gasteiger partial charge in [-0.2, -0.15) is 5.26 Å². The van der Waals surface area contributed by atoms with Gasteiger partial charge in [0.15, 0.2) is 0 Å². The number of H-pyrrole nitrogens is 1. The number of nitrogens with one attached hydrogen (secondary N) is 1. The molecule has 0 aliphatic rings. The summed E-state index contributed by atoms with van der Waals surface area (Å²) in [7, 11) is 1.90. The predicted molar refractivity (Wildman–Crippen MR) is 99.1 cm³/mol. The van der Waals surface area contributed by atoms with Gasteiger partial charge in [0, 0.05) is 30.2 Å². The van der Waals surface area contributed by atoms with Gasteiger partial charge in [-0.3, -0.25) is 4.79 Å². The Morgan fingerprint density at radius 3 is 2.52 bits per heavy atom. The minimum Gasteiger partial charge on any atom is -0.351 e. The quantitative estimate of drug-likeness (QED) is 0.604. The molecule has 0 saturated heterocycles. The van der Waals surface area contributed by atoms with Crippen LogP contribution in [0.5, 0.6) is 0 Å². The molecule has 1 N–H and O–H groups in total. The van der Waals surface area contributed by atoms with Crippen molar-refractivity contribution >= 4 is 10.8 Å². The summed E-state index contributed by atoms with van der Waals surface area (Å²) in [6, 6.07) is 21.8. The molecule has 120 valence electrons. The summed E-state index contributed by atoms with van der Waals surface area (Å²) in [6.07, 6.45) is 1.90. The molecule has 0 saturated carbocycles. The van der Waals surface area contributed by atoms with E-state index in [9.17, 15) is 10.1 Å². The van der Waals surface area contributed by atoms with Crippen LogP contribution in [0.25, 0.3) is 33.3 Å². The molecule has 0 unspecified atom stereocenters. The fourth-order valence-electron chi connectivity index (χ4n) is 3.13. The van der Waals surface area contributed by atoms with Crippen LogP contribution in [-0.4, -0.2) is 9.55 Å². The van der Waals surface area contributed by atoms with Gasteiger partial charge in [-0.15, -0.1) is 0 Å². The van der Waals surface area contributed by atoms with Crippen molar-refractivity contribution in [1.29, 1.82) is 5.26 Å². The molecule has 0 spiro atoms. The molecule has 2 heterocycles. The number of rotatable bonds is 2. The highest BCUT2D eigenvalue weighted by atomic mass is 16.1. The van der Waals surface area contributed by atoms with E-state index in [2.05, 4.69) is 11.1 Å². The number of pyridine rings is 1. The Balaban J connectivity index is 1.96. The van der Waals surface area contributed by atoms with Crippen molar-refractivity contribution in [1.82, 2.24) is 9.55 Å². The number of nitrogens with zero attached hydrogens (tertiary/aromatic N) is 2. The molecule has 0 aliphatic heterocycles. The number of benzene rings is 2. The van der Waals surface area contributed by atoms with Gasteiger partial charge in [-0.1, -0.05) is 36.4 Å². The highest BCUT2D eigenvalue weighted by Crippen LogP contribution is 2.28. The van der Waals surface area contributed by atoms with E-state index < -0.39 is 0 Å². The molecular weight excluding hydrogens is 310 g/mol. The highest BCUT2D eigenvalue weighted by molar-refractivity contribution is 5.87. The van der Waals surface area contributed by atoms with Gasteiger partial charge in [0.05, 0.1) is 0 Å². The molecule has 0 amide bonds. The van der Waals surface area contributed by atoms with E-state index in [-0.39, 0.29) is 11.1 Å². The van der Waals surface area contributed by atoms with Gasteiger partial charge >= 0.3 is 0 Å². The molecule has 4 aromatic rings. The Morgan fingerprint density at radius 1 is 1.00 bits per heavy atom. The molecule has 4 rings (SSSR count). The summed E-state index contributed by atoms with van der Waals surface area (Å²) >= 11 is 0. The van der Waals surface area contributed by atoms with Gasteiger partial charge in [-0.25, -0.2) is 0 Å². The maximum atomic E-state index is 12.4. The van der Waals surface area contributed by atoms with E-state index >= 15 is 0 Å². The van der Waals surface area contributed by atoms with Crippen molar-refractivity contribution in [2.75, 3.05) is 0 Å². The minimum absolute atomic E-state index is 0.131. The maximum absolute atomic E-state index is 12.4. The van der Waals surface area contributed by atoms with Gasteiger partial charge in [0.1, 0.15) is 11.6 Å². The van der Waals surface area contributed by atoms with Crippen molar-refractivity contribution in [3.63, 3.8) is 0 Å². The predicted octanol–water partition coefficient (Wildman–Crippen LogP) is 4.07. The Hall–Kier alpha value is -3.58. The standard InChI is InChI=1S/C21H15N3O/c1-24-10-4-7-20(24)17-12-19(23-21(25)18(17)13-22)16-9-8-14-5-2-3-6-15(14)11-16/h2-12H,1H3,(H,23,25). The van der Waals surface area contributed by atoms with Crippen LogP contribution < -0.4 is 5.56 Å². The Morgan fingerprint density at radius 2 is 1.80 bits per heavy atom. The first-order chi connectivity index (χ1) is 12.2. The molecule has 0 fully saturated rings. The van der Waals surface area contributed by atoms with Crippen LogP contribution in [0.15, 0.2) is 71.7 Å². The van der Waals surface area contributed by atoms with Crippen LogP contribution in [0.2, 0.25) is 0 Å². The summed E-state index contributed by atoms with van der Waals surface area (Å²) in [4.78, 5) is 15.3. The van der Waals surface area contributed by atoms with Gasteiger partial charge in [0.2, 0.25) is 0 Å². The van der Waals surface area contributed by atoms with Crippen LogP contribution in [0.1, 0.15) is 5.56 Å². The van der Waals surface area contributed by atoms with E-state index in [1.807, 2.05) is 78.5 Å². The summed E-state index contributed by atoms with van der Waals surface area (Å²) in [5.41, 5.74) is 2.85. The minimum atomic E-state index is -0.371. The summed E-state index contributed by atoms with van der Waals surface area (Å²) < 4.78 is 1.90. The smallest absolute Gasteiger partial charge is 0.267 e. The molecule has 0 aliphatic carbocycles. The van der Waals surface area contributed by atoms with E-state index in [1.165, 1.54) is 0 Å². The zero-order valence-electron chi connectivity index (χ0n) is 13.7. The van der Waals surface area contributed by atoms with Crippen LogP contribution in [0.4, 0.5) is 0 Å². The van der Waals surface area contributed by atoms with Crippen LogP contribution in [0, 0.1) is 11.3 Å². The summed E-state index contributed by atoms with van der Waals surface area (Å²) in [5, 5.41) is 11.7. The third-order valence-electron chi connectivity index (χ3n) is 4.43. The normalized spacial score (nSPS) is 10.7. The lowest BCUT2D eigenvalue weighted by atomic mass is 10.0. The van der Waals surface area contributed by atoms with Crippen molar-refractivity contribution < 1.29 is 0 Å². The monoisotopic (exact) mass is 325 g/mol. The van der Waals surface area contributed by atoms with E-state index in [0.717, 1.165) is 22.0 Å². The second-order valence-electron chi connectivity index (χ2n) is 5.98. The van der Waals surface area contributed by atoms with Crippen molar-refractivity contribution in [3.05, 3.63) is 82.8 Å². The van der Waals surface area contributed by atoms with Gasteiger partial charge < -0.3 is 9.55 Å². The lowest BCUT2D eigenvalue weighted by Crippen LogP contribution is -2.13. The number of hydrogen-bond donors (Lipinski definition) is 1.